The number of hydrogen-bond acceptors (Lipinski definition) is 6. The molecule has 0 atom stereocenters. The van der Waals surface area contributed by atoms with Gasteiger partial charge in [-0.3, -0.25) is 0 Å². The van der Waals surface area contributed by atoms with Gasteiger partial charge in [-0.15, -0.1) is 0 Å². The van der Waals surface area contributed by atoms with Gasteiger partial charge in [0.15, 0.2) is 0 Å². The molecule has 1 fully saturated rings. The number of aryl methyl sites for hydroxylation is 5. The molecule has 0 amide bonds. The molecular formula is C63H70BF13O6. The first-order chi connectivity index (χ1) is 38.1. The molecule has 1 heterocycles. The molecule has 2 N–H and O–H groups in total. The van der Waals surface area contributed by atoms with Crippen LogP contribution in [0.4, 0.5) is 57.1 Å². The second-order valence-corrected chi connectivity index (χ2v) is 21.8. The summed E-state index contributed by atoms with van der Waals surface area (Å²) < 4.78 is 184. The third-order valence-electron chi connectivity index (χ3n) is 16.6. The normalized spacial score (nSPS) is 15.3. The van der Waals surface area contributed by atoms with E-state index in [9.17, 15) is 67.3 Å². The average molecular weight is 1180 g/mol. The van der Waals surface area contributed by atoms with E-state index in [1.807, 2.05) is 113 Å². The second-order valence-electron chi connectivity index (χ2n) is 21.8. The first kappa shape index (κ1) is 69.4. The Kier molecular flexibility index (Phi) is 21.5. The van der Waals surface area contributed by atoms with Crippen molar-refractivity contribution < 1.29 is 86.2 Å². The molecule has 20 heteroatoms. The summed E-state index contributed by atoms with van der Waals surface area (Å²) in [5, 5.41) is 18.9. The maximum Gasteiger partial charge on any atom is 0.495 e. The van der Waals surface area contributed by atoms with Crippen molar-refractivity contribution >= 4 is 30.9 Å². The van der Waals surface area contributed by atoms with Gasteiger partial charge in [0, 0.05) is 10.8 Å². The minimum Gasteiger partial charge on any atom is -0.399 e. The van der Waals surface area contributed by atoms with E-state index in [0.717, 1.165) is 50.0 Å². The zero-order valence-electron chi connectivity index (χ0n) is 48.5. The highest BCUT2D eigenvalue weighted by molar-refractivity contribution is 6.62. The summed E-state index contributed by atoms with van der Waals surface area (Å²) in [7, 11) is -0.517. The Morgan fingerprint density at radius 3 is 1.13 bits per heavy atom. The molecule has 0 spiro atoms. The average Bonchev–Trinajstić information content (AvgIpc) is 3.72. The number of halogens is 13. The van der Waals surface area contributed by atoms with E-state index in [-0.39, 0.29) is 35.2 Å². The molecule has 5 aromatic carbocycles. The van der Waals surface area contributed by atoms with Crippen molar-refractivity contribution in [1.29, 1.82) is 0 Å². The van der Waals surface area contributed by atoms with Crippen LogP contribution in [0.2, 0.25) is 0 Å². The Bertz CT molecular complexity index is 3110. The standard InChI is InChI=1S/C32H33F7O.C30H37BF6O3.CO2/c1-6-22-9-10-24(19-28(22)33)27-14-13-26(18-21(27)5)29(7-2,8-3)25-12-11-23(20(4)17-25)15-16-30(40,31(34,35)36)32(37,38)39;1-9-27(10-2,23-13-14-24(20(4)18-23)31-39-25(5,6)26(7,8)40-31)22-12-11-21(19(3)17-22)15-16-28(38,29(32,33)34)30(35,36)37;2-1-3/h9-19,40H,6-8H2,1-5H3;11-18,38H,9-10H2,1-8H3;/b2*16-15+;. The van der Waals surface area contributed by atoms with Crippen molar-refractivity contribution in [2.45, 2.75) is 180 Å². The van der Waals surface area contributed by atoms with E-state index in [0.29, 0.717) is 60.9 Å². The lowest BCUT2D eigenvalue weighted by atomic mass is 9.68. The number of alkyl halides is 12. The highest BCUT2D eigenvalue weighted by Crippen LogP contribution is 2.48. The summed E-state index contributed by atoms with van der Waals surface area (Å²) in [6, 6.07) is 27.2. The van der Waals surface area contributed by atoms with Crippen LogP contribution in [0.15, 0.2) is 103 Å². The minimum absolute atomic E-state index is 0.126. The van der Waals surface area contributed by atoms with Gasteiger partial charge in [-0.25, -0.2) is 4.39 Å². The Hall–Kier alpha value is -6.05. The van der Waals surface area contributed by atoms with Crippen LogP contribution in [0.5, 0.6) is 0 Å². The fourth-order valence-electron chi connectivity index (χ4n) is 10.4. The molecule has 0 unspecified atom stereocenters. The van der Waals surface area contributed by atoms with Gasteiger partial charge in [0.25, 0.3) is 11.2 Å². The maximum atomic E-state index is 14.4. The zero-order valence-corrected chi connectivity index (χ0v) is 48.5. The number of rotatable bonds is 15. The maximum absolute atomic E-state index is 14.4. The minimum atomic E-state index is -5.93. The SMILES string of the molecule is CCC(CC)(c1ccc(/C=C/C(O)(C(F)(F)F)C(F)(F)F)c(C)c1)c1ccc(B2OC(C)(C)C(C)(C)O2)c(C)c1.CCc1ccc(-c2ccc(C(CC)(CC)c3ccc(/C=C/C(O)(C(F)(F)F)C(F)(F)F)c(C)c3)cc2C)cc1F.O=C=O. The van der Waals surface area contributed by atoms with Crippen molar-refractivity contribution in [2.24, 2.45) is 0 Å². The Labute approximate surface area is 477 Å². The summed E-state index contributed by atoms with van der Waals surface area (Å²) in [5.41, 5.74) is -1.66. The molecule has 0 saturated carbocycles. The van der Waals surface area contributed by atoms with Crippen molar-refractivity contribution in [1.82, 2.24) is 0 Å². The van der Waals surface area contributed by atoms with Crippen molar-refractivity contribution in [3.8, 4) is 11.1 Å². The lowest BCUT2D eigenvalue weighted by molar-refractivity contribution is -0.348. The molecule has 0 bridgehead atoms. The number of hydrogen-bond donors (Lipinski definition) is 2. The smallest absolute Gasteiger partial charge is 0.399 e. The molecule has 6 nitrogen and oxygen atoms in total. The summed E-state index contributed by atoms with van der Waals surface area (Å²) >= 11 is 0. The topological polar surface area (TPSA) is 93.1 Å². The lowest BCUT2D eigenvalue weighted by Crippen LogP contribution is -2.55. The zero-order chi connectivity index (χ0) is 63.3. The van der Waals surface area contributed by atoms with Crippen molar-refractivity contribution in [3.63, 3.8) is 0 Å². The van der Waals surface area contributed by atoms with Crippen LogP contribution in [-0.2, 0) is 36.1 Å². The predicted octanol–water partition coefficient (Wildman–Crippen LogP) is 16.6. The van der Waals surface area contributed by atoms with E-state index in [1.165, 1.54) is 18.2 Å². The number of aliphatic hydroxyl groups is 2. The molecule has 0 aliphatic carbocycles. The first-order valence-electron chi connectivity index (χ1n) is 26.8. The quantitative estimate of drug-likeness (QED) is 0.0801. The van der Waals surface area contributed by atoms with E-state index in [2.05, 4.69) is 6.07 Å². The number of carbonyl (C=O) groups excluding carboxylic acids is 2. The number of benzene rings is 5. The molecule has 452 valence electrons. The van der Waals surface area contributed by atoms with E-state index < -0.39 is 65.1 Å². The van der Waals surface area contributed by atoms with E-state index in [1.54, 1.807) is 44.2 Å². The van der Waals surface area contributed by atoms with Crippen LogP contribution in [0.1, 0.15) is 149 Å². The fraction of sp³-hybridized carbons (Fsp3) is 0.444. The molecule has 5 aromatic rings. The largest absolute Gasteiger partial charge is 0.495 e. The summed E-state index contributed by atoms with van der Waals surface area (Å²) in [5.74, 6) is -0.256. The highest BCUT2D eigenvalue weighted by atomic mass is 19.4. The van der Waals surface area contributed by atoms with Gasteiger partial charge in [-0.2, -0.15) is 62.3 Å². The summed E-state index contributed by atoms with van der Waals surface area (Å²) in [4.78, 5) is 16.2. The molecule has 1 aliphatic rings. The van der Waals surface area contributed by atoms with Gasteiger partial charge >= 0.3 is 38.0 Å². The van der Waals surface area contributed by atoms with Crippen LogP contribution in [0.3, 0.4) is 0 Å². The highest BCUT2D eigenvalue weighted by Gasteiger charge is 2.70. The summed E-state index contributed by atoms with van der Waals surface area (Å²) in [6.45, 7) is 25.1. The van der Waals surface area contributed by atoms with Crippen LogP contribution in [-0.4, -0.2) is 70.6 Å². The van der Waals surface area contributed by atoms with Crippen LogP contribution < -0.4 is 5.46 Å². The molecule has 1 saturated heterocycles. The monoisotopic (exact) mass is 1180 g/mol. The van der Waals surface area contributed by atoms with Crippen molar-refractivity contribution in [2.75, 3.05) is 0 Å². The van der Waals surface area contributed by atoms with E-state index in [4.69, 9.17) is 18.9 Å². The van der Waals surface area contributed by atoms with E-state index >= 15 is 0 Å². The predicted molar refractivity (Wildman–Crippen MR) is 295 cm³/mol. The third-order valence-corrected chi connectivity index (χ3v) is 16.6. The van der Waals surface area contributed by atoms with Gasteiger partial charge in [0.1, 0.15) is 5.82 Å². The van der Waals surface area contributed by atoms with Crippen molar-refractivity contribution in [3.05, 3.63) is 170 Å². The first-order valence-corrected chi connectivity index (χ1v) is 26.8. The molecule has 0 aromatic heterocycles. The van der Waals surface area contributed by atoms with Gasteiger partial charge in [-0.05, 0) is 178 Å². The van der Waals surface area contributed by atoms with Crippen LogP contribution >= 0.6 is 0 Å². The molecule has 1 aliphatic heterocycles. The third kappa shape index (κ3) is 14.0. The molecule has 0 radical (unpaired) electrons. The van der Waals surface area contributed by atoms with Crippen LogP contribution in [0, 0.1) is 33.5 Å². The molecular weight excluding hydrogens is 1110 g/mol. The van der Waals surface area contributed by atoms with Gasteiger partial charge in [0.2, 0.25) is 0 Å². The van der Waals surface area contributed by atoms with Gasteiger partial charge in [-0.1, -0.05) is 137 Å². The van der Waals surface area contributed by atoms with Gasteiger partial charge < -0.3 is 19.5 Å². The molecule has 6 rings (SSSR count). The Morgan fingerprint density at radius 1 is 0.494 bits per heavy atom. The summed E-state index contributed by atoms with van der Waals surface area (Å²) in [6.07, 6.45) is -19.2. The Morgan fingerprint density at radius 2 is 0.831 bits per heavy atom. The van der Waals surface area contributed by atoms with Crippen LogP contribution in [0.25, 0.3) is 23.3 Å². The Balaban J connectivity index is 0.000000340. The fourth-order valence-corrected chi connectivity index (χ4v) is 10.4. The molecule has 83 heavy (non-hydrogen) atoms. The lowest BCUT2D eigenvalue weighted by Gasteiger charge is -2.34. The second kappa shape index (κ2) is 25.7. The van der Waals surface area contributed by atoms with Gasteiger partial charge in [0.05, 0.1) is 11.2 Å².